The van der Waals surface area contributed by atoms with Crippen molar-refractivity contribution >= 4 is 0 Å². The predicted molar refractivity (Wildman–Crippen MR) is 37.1 cm³/mol. The molecular weight excluding hydrogens is 130 g/mol. The SMILES string of the molecule is NCCNCc1ncn[nH]1. The highest BCUT2D eigenvalue weighted by Gasteiger charge is 1.91. The largest absolute Gasteiger partial charge is 0.329 e. The van der Waals surface area contributed by atoms with E-state index in [1.807, 2.05) is 0 Å². The van der Waals surface area contributed by atoms with E-state index >= 15 is 0 Å². The van der Waals surface area contributed by atoms with Gasteiger partial charge < -0.3 is 11.1 Å². The Morgan fingerprint density at radius 3 is 3.20 bits per heavy atom. The van der Waals surface area contributed by atoms with E-state index in [1.54, 1.807) is 0 Å². The molecule has 0 saturated carbocycles. The van der Waals surface area contributed by atoms with Gasteiger partial charge in [0.15, 0.2) is 0 Å². The molecule has 0 radical (unpaired) electrons. The van der Waals surface area contributed by atoms with Crippen LogP contribution in [0, 0.1) is 0 Å². The van der Waals surface area contributed by atoms with Gasteiger partial charge in [0.05, 0.1) is 6.54 Å². The number of aromatic amines is 1. The maximum absolute atomic E-state index is 5.26. The van der Waals surface area contributed by atoms with Crippen LogP contribution in [0.15, 0.2) is 6.33 Å². The molecule has 0 bridgehead atoms. The normalized spacial score (nSPS) is 10.1. The Morgan fingerprint density at radius 1 is 1.70 bits per heavy atom. The molecule has 5 heteroatoms. The van der Waals surface area contributed by atoms with Gasteiger partial charge in [-0.2, -0.15) is 5.10 Å². The molecule has 1 aromatic heterocycles. The Kier molecular flexibility index (Phi) is 2.85. The van der Waals surface area contributed by atoms with Crippen LogP contribution in [0.1, 0.15) is 5.82 Å². The number of hydrogen-bond donors (Lipinski definition) is 3. The van der Waals surface area contributed by atoms with Crippen molar-refractivity contribution in [1.82, 2.24) is 20.5 Å². The Morgan fingerprint density at radius 2 is 2.60 bits per heavy atom. The molecule has 4 N–H and O–H groups in total. The van der Waals surface area contributed by atoms with E-state index in [0.29, 0.717) is 13.1 Å². The van der Waals surface area contributed by atoms with Crippen LogP contribution < -0.4 is 11.1 Å². The fourth-order valence-corrected chi connectivity index (χ4v) is 0.625. The summed E-state index contributed by atoms with van der Waals surface area (Å²) >= 11 is 0. The quantitative estimate of drug-likeness (QED) is 0.463. The summed E-state index contributed by atoms with van der Waals surface area (Å²) in [6.45, 7) is 2.16. The number of H-pyrrole nitrogens is 1. The fourth-order valence-electron chi connectivity index (χ4n) is 0.625. The van der Waals surface area contributed by atoms with Crippen LogP contribution >= 0.6 is 0 Å². The molecule has 56 valence electrons. The summed E-state index contributed by atoms with van der Waals surface area (Å²) in [5.41, 5.74) is 5.26. The second-order valence-corrected chi connectivity index (χ2v) is 1.90. The van der Waals surface area contributed by atoms with Crippen molar-refractivity contribution < 1.29 is 0 Å². The fraction of sp³-hybridized carbons (Fsp3) is 0.600. The summed E-state index contributed by atoms with van der Waals surface area (Å²) in [4.78, 5) is 3.92. The number of aromatic nitrogens is 3. The van der Waals surface area contributed by atoms with Crippen molar-refractivity contribution in [3.05, 3.63) is 12.2 Å². The number of nitrogens with zero attached hydrogens (tertiary/aromatic N) is 2. The van der Waals surface area contributed by atoms with Crippen LogP contribution in [0.25, 0.3) is 0 Å². The predicted octanol–water partition coefficient (Wildman–Crippen LogP) is -1.15. The molecule has 0 aliphatic rings. The van der Waals surface area contributed by atoms with Gasteiger partial charge in [0.2, 0.25) is 0 Å². The number of hydrogen-bond acceptors (Lipinski definition) is 4. The third-order valence-corrected chi connectivity index (χ3v) is 1.08. The van der Waals surface area contributed by atoms with E-state index in [2.05, 4.69) is 20.5 Å². The van der Waals surface area contributed by atoms with Crippen molar-refractivity contribution in [1.29, 1.82) is 0 Å². The molecule has 0 aliphatic carbocycles. The smallest absolute Gasteiger partial charge is 0.138 e. The third kappa shape index (κ3) is 2.12. The van der Waals surface area contributed by atoms with Crippen LogP contribution in [0.2, 0.25) is 0 Å². The lowest BCUT2D eigenvalue weighted by atomic mass is 10.5. The van der Waals surface area contributed by atoms with Crippen LogP contribution in [0.4, 0.5) is 0 Å². The maximum atomic E-state index is 5.26. The molecule has 1 rings (SSSR count). The maximum Gasteiger partial charge on any atom is 0.138 e. The van der Waals surface area contributed by atoms with Gasteiger partial charge in [-0.15, -0.1) is 0 Å². The summed E-state index contributed by atoms with van der Waals surface area (Å²) in [5, 5.41) is 9.50. The summed E-state index contributed by atoms with van der Waals surface area (Å²) < 4.78 is 0. The Balaban J connectivity index is 2.15. The average Bonchev–Trinajstić information content (AvgIpc) is 2.41. The molecule has 5 nitrogen and oxygen atoms in total. The minimum atomic E-state index is 0.647. The summed E-state index contributed by atoms with van der Waals surface area (Å²) in [6, 6.07) is 0. The Labute approximate surface area is 59.0 Å². The van der Waals surface area contributed by atoms with Crippen molar-refractivity contribution in [2.24, 2.45) is 5.73 Å². The first kappa shape index (κ1) is 7.17. The van der Waals surface area contributed by atoms with E-state index in [9.17, 15) is 0 Å². The summed E-state index contributed by atoms with van der Waals surface area (Å²) in [5.74, 6) is 0.841. The van der Waals surface area contributed by atoms with Crippen molar-refractivity contribution in [3.8, 4) is 0 Å². The molecule has 0 saturated heterocycles. The lowest BCUT2D eigenvalue weighted by Crippen LogP contribution is -2.22. The molecule has 0 amide bonds. The molecule has 1 aromatic rings. The zero-order chi connectivity index (χ0) is 7.23. The molecule has 0 aromatic carbocycles. The minimum Gasteiger partial charge on any atom is -0.329 e. The van der Waals surface area contributed by atoms with Crippen molar-refractivity contribution in [2.75, 3.05) is 13.1 Å². The van der Waals surface area contributed by atoms with Crippen molar-refractivity contribution in [3.63, 3.8) is 0 Å². The summed E-state index contributed by atoms with van der Waals surface area (Å²) in [7, 11) is 0. The van der Waals surface area contributed by atoms with E-state index < -0.39 is 0 Å². The van der Waals surface area contributed by atoms with Gasteiger partial charge in [-0.05, 0) is 0 Å². The highest BCUT2D eigenvalue weighted by Crippen LogP contribution is 1.81. The standard InChI is InChI=1S/C5H11N5/c6-1-2-7-3-5-8-4-9-10-5/h4,7H,1-3,6H2,(H,8,9,10). The second kappa shape index (κ2) is 3.97. The number of nitrogens with one attached hydrogen (secondary N) is 2. The minimum absolute atomic E-state index is 0.647. The molecule has 1 heterocycles. The molecule has 0 spiro atoms. The van der Waals surface area contributed by atoms with E-state index in [1.165, 1.54) is 6.33 Å². The van der Waals surface area contributed by atoms with Crippen molar-refractivity contribution in [2.45, 2.75) is 6.54 Å². The first-order valence-corrected chi connectivity index (χ1v) is 3.18. The topological polar surface area (TPSA) is 79.6 Å². The molecule has 0 aliphatic heterocycles. The third-order valence-electron chi connectivity index (χ3n) is 1.08. The zero-order valence-electron chi connectivity index (χ0n) is 5.67. The van der Waals surface area contributed by atoms with Gasteiger partial charge in [0.25, 0.3) is 0 Å². The second-order valence-electron chi connectivity index (χ2n) is 1.90. The van der Waals surface area contributed by atoms with Gasteiger partial charge in [-0.25, -0.2) is 4.98 Å². The lowest BCUT2D eigenvalue weighted by molar-refractivity contribution is 0.668. The lowest BCUT2D eigenvalue weighted by Gasteiger charge is -1.96. The van der Waals surface area contributed by atoms with Gasteiger partial charge >= 0.3 is 0 Å². The first-order valence-electron chi connectivity index (χ1n) is 3.18. The van der Waals surface area contributed by atoms with E-state index in [-0.39, 0.29) is 0 Å². The van der Waals surface area contributed by atoms with Crippen LogP contribution in [0.5, 0.6) is 0 Å². The van der Waals surface area contributed by atoms with Gasteiger partial charge in [-0.1, -0.05) is 0 Å². The molecule has 10 heavy (non-hydrogen) atoms. The monoisotopic (exact) mass is 141 g/mol. The molecule has 0 atom stereocenters. The molecule has 0 unspecified atom stereocenters. The Bertz CT molecular complexity index is 159. The highest BCUT2D eigenvalue weighted by molar-refractivity contribution is 4.77. The van der Waals surface area contributed by atoms with Crippen LogP contribution in [0.3, 0.4) is 0 Å². The van der Waals surface area contributed by atoms with Gasteiger partial charge in [-0.3, -0.25) is 5.10 Å². The van der Waals surface area contributed by atoms with Gasteiger partial charge in [0.1, 0.15) is 12.2 Å². The first-order chi connectivity index (χ1) is 4.93. The zero-order valence-corrected chi connectivity index (χ0v) is 5.67. The molecular formula is C5H11N5. The van der Waals surface area contributed by atoms with Gasteiger partial charge in [0, 0.05) is 13.1 Å². The average molecular weight is 141 g/mol. The van der Waals surface area contributed by atoms with E-state index in [4.69, 9.17) is 5.73 Å². The molecule has 0 fully saturated rings. The summed E-state index contributed by atoms with van der Waals surface area (Å²) in [6.07, 6.45) is 1.49. The van der Waals surface area contributed by atoms with Crippen LogP contribution in [-0.2, 0) is 6.54 Å². The number of nitrogens with two attached hydrogens (primary N) is 1. The number of rotatable bonds is 4. The van der Waals surface area contributed by atoms with Crippen LogP contribution in [-0.4, -0.2) is 28.3 Å². The Hall–Kier alpha value is -0.940. The highest BCUT2D eigenvalue weighted by atomic mass is 15.2. The van der Waals surface area contributed by atoms with E-state index in [0.717, 1.165) is 12.4 Å².